The zero-order chi connectivity index (χ0) is 10.6. The summed E-state index contributed by atoms with van der Waals surface area (Å²) in [5.74, 6) is -0.421. The molecular weight excluding hydrogens is 180 g/mol. The van der Waals surface area contributed by atoms with Crippen LogP contribution in [-0.2, 0) is 11.3 Å². The van der Waals surface area contributed by atoms with Crippen molar-refractivity contribution in [3.8, 4) is 0 Å². The highest BCUT2D eigenvalue weighted by Gasteiger charge is 2.11. The molecule has 0 amide bonds. The minimum absolute atomic E-state index is 0.119. The molecule has 0 aliphatic rings. The van der Waals surface area contributed by atoms with E-state index in [0.29, 0.717) is 16.7 Å². The van der Waals surface area contributed by atoms with E-state index in [1.807, 2.05) is 0 Å². The Morgan fingerprint density at radius 2 is 2.36 bits per heavy atom. The Bertz CT molecular complexity index is 356. The molecule has 1 N–H and O–H groups in total. The van der Waals surface area contributed by atoms with Crippen LogP contribution in [0.3, 0.4) is 0 Å². The SMILES string of the molecule is C=Cc1c(CO)cccc1C(=O)OC. The summed E-state index contributed by atoms with van der Waals surface area (Å²) in [6.07, 6.45) is 1.54. The van der Waals surface area contributed by atoms with Gasteiger partial charge >= 0.3 is 5.97 Å². The lowest BCUT2D eigenvalue weighted by molar-refractivity contribution is 0.0600. The van der Waals surface area contributed by atoms with Gasteiger partial charge in [-0.3, -0.25) is 0 Å². The number of rotatable bonds is 3. The van der Waals surface area contributed by atoms with E-state index in [0.717, 1.165) is 0 Å². The molecule has 0 fully saturated rings. The lowest BCUT2D eigenvalue weighted by atomic mass is 10.0. The molecular formula is C11H12O3. The fourth-order valence-corrected chi connectivity index (χ4v) is 1.28. The molecule has 74 valence electrons. The van der Waals surface area contributed by atoms with Gasteiger partial charge in [-0.15, -0.1) is 0 Å². The number of methoxy groups -OCH3 is 1. The first kappa shape index (κ1) is 10.5. The standard InChI is InChI=1S/C11H12O3/c1-3-9-8(7-12)5-4-6-10(9)11(13)14-2/h3-6,12H,1,7H2,2H3. The van der Waals surface area contributed by atoms with E-state index in [-0.39, 0.29) is 6.61 Å². The third-order valence-corrected chi connectivity index (χ3v) is 1.98. The van der Waals surface area contributed by atoms with Crippen LogP contribution in [0, 0.1) is 0 Å². The third-order valence-electron chi connectivity index (χ3n) is 1.98. The summed E-state index contributed by atoms with van der Waals surface area (Å²) in [4.78, 5) is 11.3. The maximum absolute atomic E-state index is 11.3. The number of ether oxygens (including phenoxy) is 1. The molecule has 0 heterocycles. The molecule has 0 atom stereocenters. The van der Waals surface area contributed by atoms with Crippen molar-refractivity contribution in [2.75, 3.05) is 7.11 Å². The summed E-state index contributed by atoms with van der Waals surface area (Å²) >= 11 is 0. The van der Waals surface area contributed by atoms with Crippen molar-refractivity contribution < 1.29 is 14.6 Å². The second kappa shape index (κ2) is 4.58. The summed E-state index contributed by atoms with van der Waals surface area (Å²) < 4.78 is 4.61. The molecule has 0 aromatic heterocycles. The maximum atomic E-state index is 11.3. The van der Waals surface area contributed by atoms with Crippen LogP contribution in [-0.4, -0.2) is 18.2 Å². The van der Waals surface area contributed by atoms with Crippen molar-refractivity contribution in [2.24, 2.45) is 0 Å². The van der Waals surface area contributed by atoms with Gasteiger partial charge in [0.2, 0.25) is 0 Å². The molecule has 3 nitrogen and oxygen atoms in total. The normalized spacial score (nSPS) is 9.57. The summed E-state index contributed by atoms with van der Waals surface area (Å²) in [5, 5.41) is 9.03. The van der Waals surface area contributed by atoms with Crippen LogP contribution < -0.4 is 0 Å². The average Bonchev–Trinajstić information content (AvgIpc) is 2.26. The predicted octanol–water partition coefficient (Wildman–Crippen LogP) is 1.61. The minimum Gasteiger partial charge on any atom is -0.465 e. The van der Waals surface area contributed by atoms with Crippen molar-refractivity contribution >= 4 is 12.0 Å². The van der Waals surface area contributed by atoms with Crippen LogP contribution in [0.4, 0.5) is 0 Å². The van der Waals surface area contributed by atoms with Crippen molar-refractivity contribution in [3.63, 3.8) is 0 Å². The van der Waals surface area contributed by atoms with Crippen molar-refractivity contribution in [3.05, 3.63) is 41.5 Å². The molecule has 0 aliphatic heterocycles. The Kier molecular flexibility index (Phi) is 3.42. The Balaban J connectivity index is 3.28. The lowest BCUT2D eigenvalue weighted by Gasteiger charge is -2.07. The Labute approximate surface area is 82.6 Å². The van der Waals surface area contributed by atoms with Crippen LogP contribution in [0.2, 0.25) is 0 Å². The van der Waals surface area contributed by atoms with Gasteiger partial charge in [-0.25, -0.2) is 4.79 Å². The summed E-state index contributed by atoms with van der Waals surface area (Å²) in [7, 11) is 1.32. The number of hydrogen-bond acceptors (Lipinski definition) is 3. The van der Waals surface area contributed by atoms with E-state index in [1.165, 1.54) is 13.2 Å². The van der Waals surface area contributed by atoms with Crippen LogP contribution in [0.15, 0.2) is 24.8 Å². The number of hydrogen-bond donors (Lipinski definition) is 1. The van der Waals surface area contributed by atoms with Gasteiger partial charge in [-0.05, 0) is 17.2 Å². The second-order valence-corrected chi connectivity index (χ2v) is 2.73. The Morgan fingerprint density at radius 1 is 1.64 bits per heavy atom. The number of esters is 1. The number of aliphatic hydroxyl groups is 1. The second-order valence-electron chi connectivity index (χ2n) is 2.73. The van der Waals surface area contributed by atoms with Gasteiger partial charge in [0.15, 0.2) is 0 Å². The third kappa shape index (κ3) is 1.83. The van der Waals surface area contributed by atoms with Crippen LogP contribution >= 0.6 is 0 Å². The highest BCUT2D eigenvalue weighted by molar-refractivity contribution is 5.94. The first-order valence-corrected chi connectivity index (χ1v) is 4.18. The number of benzene rings is 1. The molecule has 1 rings (SSSR count). The number of carbonyl (C=O) groups is 1. The zero-order valence-electron chi connectivity index (χ0n) is 7.99. The molecule has 0 spiro atoms. The van der Waals surface area contributed by atoms with Gasteiger partial charge in [0.05, 0.1) is 19.3 Å². The van der Waals surface area contributed by atoms with Crippen molar-refractivity contribution in [2.45, 2.75) is 6.61 Å². The first-order valence-electron chi connectivity index (χ1n) is 4.18. The molecule has 0 saturated carbocycles. The van der Waals surface area contributed by atoms with Gasteiger partial charge in [-0.1, -0.05) is 24.8 Å². The molecule has 0 bridgehead atoms. The van der Waals surface area contributed by atoms with Crippen molar-refractivity contribution in [1.29, 1.82) is 0 Å². The first-order chi connectivity index (χ1) is 6.74. The van der Waals surface area contributed by atoms with E-state index < -0.39 is 5.97 Å². The molecule has 14 heavy (non-hydrogen) atoms. The van der Waals surface area contributed by atoms with E-state index in [1.54, 1.807) is 18.2 Å². The average molecular weight is 192 g/mol. The number of aliphatic hydroxyl groups excluding tert-OH is 1. The summed E-state index contributed by atoms with van der Waals surface area (Å²) in [5.41, 5.74) is 1.72. The van der Waals surface area contributed by atoms with Gasteiger partial charge in [-0.2, -0.15) is 0 Å². The predicted molar refractivity (Wildman–Crippen MR) is 53.8 cm³/mol. The fraction of sp³-hybridized carbons (Fsp3) is 0.182. The van der Waals surface area contributed by atoms with Crippen LogP contribution in [0.1, 0.15) is 21.5 Å². The van der Waals surface area contributed by atoms with Crippen molar-refractivity contribution in [1.82, 2.24) is 0 Å². The monoisotopic (exact) mass is 192 g/mol. The molecule has 0 unspecified atom stereocenters. The van der Waals surface area contributed by atoms with Gasteiger partial charge in [0.25, 0.3) is 0 Å². The maximum Gasteiger partial charge on any atom is 0.338 e. The molecule has 0 radical (unpaired) electrons. The highest BCUT2D eigenvalue weighted by Crippen LogP contribution is 2.17. The van der Waals surface area contributed by atoms with Gasteiger partial charge in [0.1, 0.15) is 0 Å². The summed E-state index contributed by atoms with van der Waals surface area (Å²) in [6.45, 7) is 3.48. The minimum atomic E-state index is -0.421. The largest absolute Gasteiger partial charge is 0.465 e. The Hall–Kier alpha value is -1.61. The zero-order valence-corrected chi connectivity index (χ0v) is 7.99. The highest BCUT2D eigenvalue weighted by atomic mass is 16.5. The van der Waals surface area contributed by atoms with Gasteiger partial charge in [0, 0.05) is 0 Å². The van der Waals surface area contributed by atoms with E-state index >= 15 is 0 Å². The van der Waals surface area contributed by atoms with Gasteiger partial charge < -0.3 is 9.84 Å². The molecule has 3 heteroatoms. The smallest absolute Gasteiger partial charge is 0.338 e. The molecule has 0 aliphatic carbocycles. The quantitative estimate of drug-likeness (QED) is 0.740. The molecule has 1 aromatic carbocycles. The summed E-state index contributed by atoms with van der Waals surface area (Å²) in [6, 6.07) is 5.08. The van der Waals surface area contributed by atoms with E-state index in [9.17, 15) is 4.79 Å². The van der Waals surface area contributed by atoms with E-state index in [2.05, 4.69) is 11.3 Å². The Morgan fingerprint density at radius 3 is 2.86 bits per heavy atom. The fourth-order valence-electron chi connectivity index (χ4n) is 1.28. The molecule has 1 aromatic rings. The topological polar surface area (TPSA) is 46.5 Å². The van der Waals surface area contributed by atoms with Crippen LogP contribution in [0.5, 0.6) is 0 Å². The van der Waals surface area contributed by atoms with E-state index in [4.69, 9.17) is 5.11 Å². The molecule has 0 saturated heterocycles. The number of carbonyl (C=O) groups excluding carboxylic acids is 1. The van der Waals surface area contributed by atoms with Crippen LogP contribution in [0.25, 0.3) is 6.08 Å². The lowest BCUT2D eigenvalue weighted by Crippen LogP contribution is -2.05.